The van der Waals surface area contributed by atoms with E-state index in [1.54, 1.807) is 12.4 Å². The molecule has 0 spiro atoms. The second-order valence-corrected chi connectivity index (χ2v) is 3.99. The highest BCUT2D eigenvalue weighted by atomic mass is 16.2. The third-order valence-corrected chi connectivity index (χ3v) is 2.83. The zero-order chi connectivity index (χ0) is 11.7. The van der Waals surface area contributed by atoms with Crippen LogP contribution in [0.2, 0.25) is 0 Å². The second kappa shape index (κ2) is 3.93. The average Bonchev–Trinajstić information content (AvgIpc) is 2.96. The quantitative estimate of drug-likeness (QED) is 0.727. The van der Waals surface area contributed by atoms with Crippen LogP contribution in [0.4, 0.5) is 11.6 Å². The van der Waals surface area contributed by atoms with Crippen LogP contribution >= 0.6 is 0 Å². The summed E-state index contributed by atoms with van der Waals surface area (Å²) in [5.41, 5.74) is 2.21. The maximum absolute atomic E-state index is 11.9. The number of amides is 1. The summed E-state index contributed by atoms with van der Waals surface area (Å²) in [6.07, 6.45) is 3.99. The zero-order valence-electron chi connectivity index (χ0n) is 9.10. The lowest BCUT2D eigenvalue weighted by Gasteiger charge is -2.09. The molecule has 3 N–H and O–H groups in total. The number of nitrogens with one attached hydrogen (secondary N) is 3. The number of anilines is 2. The molecule has 1 aliphatic heterocycles. The Kier molecular flexibility index (Phi) is 2.29. The number of benzene rings is 1. The third-order valence-electron chi connectivity index (χ3n) is 2.83. The summed E-state index contributed by atoms with van der Waals surface area (Å²) >= 11 is 0. The average molecular weight is 228 g/mol. The van der Waals surface area contributed by atoms with E-state index in [0.717, 1.165) is 5.69 Å². The Morgan fingerprint density at radius 1 is 1.41 bits per heavy atom. The van der Waals surface area contributed by atoms with Crippen LogP contribution in [0, 0.1) is 0 Å². The van der Waals surface area contributed by atoms with E-state index in [1.165, 1.54) is 5.56 Å². The molecule has 0 aliphatic carbocycles. The van der Waals surface area contributed by atoms with Gasteiger partial charge in [0.25, 0.3) is 0 Å². The van der Waals surface area contributed by atoms with Crippen molar-refractivity contribution in [2.45, 2.75) is 12.5 Å². The molecule has 1 aliphatic rings. The molecule has 3 rings (SSSR count). The highest BCUT2D eigenvalue weighted by Crippen LogP contribution is 2.25. The Bertz CT molecular complexity index is 510. The molecular weight excluding hydrogens is 216 g/mol. The van der Waals surface area contributed by atoms with Crippen LogP contribution in [0.25, 0.3) is 0 Å². The van der Waals surface area contributed by atoms with Gasteiger partial charge in [-0.15, -0.1) is 0 Å². The molecule has 0 fully saturated rings. The van der Waals surface area contributed by atoms with Crippen LogP contribution in [0.15, 0.2) is 36.7 Å². The van der Waals surface area contributed by atoms with Crippen LogP contribution in [0.5, 0.6) is 0 Å². The molecule has 1 unspecified atom stereocenters. The van der Waals surface area contributed by atoms with Crippen LogP contribution < -0.4 is 10.6 Å². The van der Waals surface area contributed by atoms with Gasteiger partial charge in [0.15, 0.2) is 0 Å². The number of para-hydroxylation sites is 1. The molecular formula is C12H12N4O. The second-order valence-electron chi connectivity index (χ2n) is 3.99. The Labute approximate surface area is 98.3 Å². The summed E-state index contributed by atoms with van der Waals surface area (Å²) < 4.78 is 0. The van der Waals surface area contributed by atoms with Gasteiger partial charge in [0.1, 0.15) is 6.04 Å². The number of imidazole rings is 1. The number of aromatic amines is 1. The molecule has 5 nitrogen and oxygen atoms in total. The molecule has 5 heteroatoms. The lowest BCUT2D eigenvalue weighted by molar-refractivity contribution is -0.116. The first kappa shape index (κ1) is 9.89. The topological polar surface area (TPSA) is 69.8 Å². The number of H-pyrrole nitrogens is 1. The lowest BCUT2D eigenvalue weighted by atomic mass is 10.1. The number of hydrogen-bond acceptors (Lipinski definition) is 3. The fourth-order valence-electron chi connectivity index (χ4n) is 1.99. The lowest BCUT2D eigenvalue weighted by Crippen LogP contribution is -2.33. The summed E-state index contributed by atoms with van der Waals surface area (Å²) in [6.45, 7) is 0. The van der Waals surface area contributed by atoms with Crippen molar-refractivity contribution >= 4 is 17.5 Å². The van der Waals surface area contributed by atoms with E-state index in [4.69, 9.17) is 0 Å². The first-order valence-electron chi connectivity index (χ1n) is 5.47. The van der Waals surface area contributed by atoms with E-state index in [2.05, 4.69) is 20.6 Å². The molecule has 0 saturated heterocycles. The van der Waals surface area contributed by atoms with Crippen molar-refractivity contribution in [1.29, 1.82) is 0 Å². The molecule has 86 valence electrons. The maximum Gasteiger partial charge on any atom is 0.249 e. The molecule has 1 amide bonds. The van der Waals surface area contributed by atoms with Crippen molar-refractivity contribution in [1.82, 2.24) is 9.97 Å². The summed E-state index contributed by atoms with van der Waals surface area (Å²) in [6, 6.07) is 7.72. The minimum atomic E-state index is -0.225. The molecule has 1 aromatic carbocycles. The molecule has 1 atom stereocenters. The van der Waals surface area contributed by atoms with Crippen molar-refractivity contribution in [3.63, 3.8) is 0 Å². The van der Waals surface area contributed by atoms with Crippen molar-refractivity contribution in [3.05, 3.63) is 42.2 Å². The predicted molar refractivity (Wildman–Crippen MR) is 64.8 cm³/mol. The van der Waals surface area contributed by atoms with E-state index in [9.17, 15) is 4.79 Å². The summed E-state index contributed by atoms with van der Waals surface area (Å²) in [5.74, 6) is 0.406. The van der Waals surface area contributed by atoms with Crippen molar-refractivity contribution in [2.75, 3.05) is 10.6 Å². The molecule has 0 saturated carbocycles. The van der Waals surface area contributed by atoms with Crippen LogP contribution in [-0.4, -0.2) is 21.9 Å². The van der Waals surface area contributed by atoms with Gasteiger partial charge in [0.05, 0.1) is 0 Å². The zero-order valence-corrected chi connectivity index (χ0v) is 9.10. The third kappa shape index (κ3) is 1.87. The standard InChI is InChI=1S/C12H12N4O/c17-11(16-12-13-5-6-14-12)10-7-8-3-1-2-4-9(8)15-10/h1-6,10,15H,7H2,(H2,13,14,16,17). The number of hydrogen-bond donors (Lipinski definition) is 3. The predicted octanol–water partition coefficient (Wildman–Crippen LogP) is 1.38. The van der Waals surface area contributed by atoms with E-state index < -0.39 is 0 Å². The minimum absolute atomic E-state index is 0.0730. The molecule has 2 aromatic rings. The van der Waals surface area contributed by atoms with Crippen molar-refractivity contribution < 1.29 is 4.79 Å². The maximum atomic E-state index is 11.9. The summed E-state index contributed by atoms with van der Waals surface area (Å²) in [5, 5.41) is 5.92. The fourth-order valence-corrected chi connectivity index (χ4v) is 1.99. The highest BCUT2D eigenvalue weighted by Gasteiger charge is 2.26. The van der Waals surface area contributed by atoms with Gasteiger partial charge in [-0.1, -0.05) is 18.2 Å². The van der Waals surface area contributed by atoms with E-state index in [-0.39, 0.29) is 11.9 Å². The number of fused-ring (bicyclic) bond motifs is 1. The minimum Gasteiger partial charge on any atom is -0.373 e. The van der Waals surface area contributed by atoms with Gasteiger partial charge in [-0.05, 0) is 11.6 Å². The van der Waals surface area contributed by atoms with Gasteiger partial charge >= 0.3 is 0 Å². The smallest absolute Gasteiger partial charge is 0.249 e. The van der Waals surface area contributed by atoms with Gasteiger partial charge in [-0.3, -0.25) is 10.1 Å². The SMILES string of the molecule is O=C(Nc1ncc[nH]1)C1Cc2ccccc2N1. The summed E-state index contributed by atoms with van der Waals surface area (Å²) in [7, 11) is 0. The normalized spacial score (nSPS) is 17.3. The van der Waals surface area contributed by atoms with Crippen LogP contribution in [-0.2, 0) is 11.2 Å². The van der Waals surface area contributed by atoms with Gasteiger partial charge in [-0.2, -0.15) is 0 Å². The Morgan fingerprint density at radius 3 is 3.06 bits per heavy atom. The first-order chi connectivity index (χ1) is 8.33. The monoisotopic (exact) mass is 228 g/mol. The van der Waals surface area contributed by atoms with Gasteiger partial charge in [0, 0.05) is 24.5 Å². The number of nitrogens with zero attached hydrogens (tertiary/aromatic N) is 1. The molecule has 17 heavy (non-hydrogen) atoms. The highest BCUT2D eigenvalue weighted by molar-refractivity contribution is 5.96. The summed E-state index contributed by atoms with van der Waals surface area (Å²) in [4.78, 5) is 18.8. The van der Waals surface area contributed by atoms with Gasteiger partial charge in [0.2, 0.25) is 11.9 Å². The van der Waals surface area contributed by atoms with Gasteiger partial charge in [-0.25, -0.2) is 4.98 Å². The van der Waals surface area contributed by atoms with Crippen molar-refractivity contribution in [3.8, 4) is 0 Å². The van der Waals surface area contributed by atoms with E-state index in [0.29, 0.717) is 12.4 Å². The molecule has 0 radical (unpaired) electrons. The number of rotatable bonds is 2. The molecule has 0 bridgehead atoms. The van der Waals surface area contributed by atoms with Crippen LogP contribution in [0.1, 0.15) is 5.56 Å². The Morgan fingerprint density at radius 2 is 2.29 bits per heavy atom. The largest absolute Gasteiger partial charge is 0.373 e. The number of carbonyl (C=O) groups excluding carboxylic acids is 1. The molecule has 1 aromatic heterocycles. The fraction of sp³-hybridized carbons (Fsp3) is 0.167. The Balaban J connectivity index is 1.70. The molecule has 2 heterocycles. The van der Waals surface area contributed by atoms with E-state index >= 15 is 0 Å². The van der Waals surface area contributed by atoms with Crippen molar-refractivity contribution in [2.24, 2.45) is 0 Å². The first-order valence-corrected chi connectivity index (χ1v) is 5.47. The van der Waals surface area contributed by atoms with Crippen LogP contribution in [0.3, 0.4) is 0 Å². The number of aromatic nitrogens is 2. The number of carbonyl (C=O) groups is 1. The van der Waals surface area contributed by atoms with Gasteiger partial charge < -0.3 is 10.3 Å². The van der Waals surface area contributed by atoms with E-state index in [1.807, 2.05) is 24.3 Å². The Hall–Kier alpha value is -2.30.